The van der Waals surface area contributed by atoms with E-state index in [0.717, 1.165) is 17.8 Å². The van der Waals surface area contributed by atoms with Crippen molar-refractivity contribution in [1.82, 2.24) is 9.80 Å². The summed E-state index contributed by atoms with van der Waals surface area (Å²) in [5.74, 6) is 2.78. The van der Waals surface area contributed by atoms with Crippen LogP contribution in [0, 0.1) is 23.2 Å². The van der Waals surface area contributed by atoms with Gasteiger partial charge in [-0.05, 0) is 106 Å². The summed E-state index contributed by atoms with van der Waals surface area (Å²) in [7, 11) is 0. The fourth-order valence-corrected chi connectivity index (χ4v) is 6.08. The van der Waals surface area contributed by atoms with Crippen LogP contribution in [0.2, 0.25) is 0 Å². The molecule has 2 nitrogen and oxygen atoms in total. The molecular formula is C26H42N2. The Kier molecular flexibility index (Phi) is 6.78. The fraction of sp³-hybridized carbons (Fsp3) is 0.769. The monoisotopic (exact) mass is 382 g/mol. The number of benzene rings is 1. The average molecular weight is 383 g/mol. The van der Waals surface area contributed by atoms with Crippen LogP contribution in [0.4, 0.5) is 0 Å². The molecule has 0 aromatic heterocycles. The van der Waals surface area contributed by atoms with Crippen LogP contribution >= 0.6 is 0 Å². The number of rotatable bonds is 7. The lowest BCUT2D eigenvalue weighted by Crippen LogP contribution is -2.51. The maximum absolute atomic E-state index is 2.76. The molecule has 28 heavy (non-hydrogen) atoms. The number of likely N-dealkylation sites (tertiary alicyclic amines) is 2. The number of hydrogen-bond donors (Lipinski definition) is 0. The summed E-state index contributed by atoms with van der Waals surface area (Å²) in [4.78, 5) is 5.51. The summed E-state index contributed by atoms with van der Waals surface area (Å²) in [5.41, 5.74) is 2.08. The van der Waals surface area contributed by atoms with Crippen molar-refractivity contribution >= 4 is 0 Å². The summed E-state index contributed by atoms with van der Waals surface area (Å²) in [6.45, 7) is 13.2. The van der Waals surface area contributed by atoms with Crippen LogP contribution in [0.15, 0.2) is 30.3 Å². The zero-order valence-electron chi connectivity index (χ0n) is 18.4. The van der Waals surface area contributed by atoms with E-state index in [1.165, 1.54) is 96.2 Å². The minimum atomic E-state index is 0.559. The predicted octanol–water partition coefficient (Wildman–Crippen LogP) is 5.48. The van der Waals surface area contributed by atoms with Crippen LogP contribution in [0.1, 0.15) is 64.4 Å². The van der Waals surface area contributed by atoms with Crippen molar-refractivity contribution in [2.45, 2.75) is 65.2 Å². The van der Waals surface area contributed by atoms with Gasteiger partial charge in [0.25, 0.3) is 0 Å². The molecule has 3 fully saturated rings. The van der Waals surface area contributed by atoms with Gasteiger partial charge in [0.05, 0.1) is 0 Å². The van der Waals surface area contributed by atoms with Gasteiger partial charge in [0, 0.05) is 6.54 Å². The lowest BCUT2D eigenvalue weighted by atomic mass is 9.53. The van der Waals surface area contributed by atoms with Crippen molar-refractivity contribution in [3.8, 4) is 0 Å². The molecule has 2 heteroatoms. The van der Waals surface area contributed by atoms with Gasteiger partial charge in [0.2, 0.25) is 0 Å². The molecule has 3 aliphatic rings. The largest absolute Gasteiger partial charge is 0.303 e. The third kappa shape index (κ3) is 5.00. The zero-order valence-corrected chi connectivity index (χ0v) is 18.4. The molecule has 4 rings (SSSR count). The van der Waals surface area contributed by atoms with Crippen molar-refractivity contribution in [3.63, 3.8) is 0 Å². The van der Waals surface area contributed by atoms with Crippen LogP contribution in [0.25, 0.3) is 0 Å². The minimum absolute atomic E-state index is 0.559. The molecule has 1 saturated carbocycles. The number of piperidine rings is 2. The van der Waals surface area contributed by atoms with Gasteiger partial charge in [-0.1, -0.05) is 50.6 Å². The summed E-state index contributed by atoms with van der Waals surface area (Å²) in [5, 5.41) is 0. The Morgan fingerprint density at radius 3 is 2.25 bits per heavy atom. The van der Waals surface area contributed by atoms with Gasteiger partial charge >= 0.3 is 0 Å². The minimum Gasteiger partial charge on any atom is -0.303 e. The van der Waals surface area contributed by atoms with Crippen molar-refractivity contribution in [1.29, 1.82) is 0 Å². The van der Waals surface area contributed by atoms with E-state index in [-0.39, 0.29) is 0 Å². The highest BCUT2D eigenvalue weighted by molar-refractivity contribution is 5.15. The highest BCUT2D eigenvalue weighted by atomic mass is 15.1. The van der Waals surface area contributed by atoms with Crippen molar-refractivity contribution in [3.05, 3.63) is 35.9 Å². The Hall–Kier alpha value is -0.860. The Balaban J connectivity index is 1.15. The maximum Gasteiger partial charge on any atom is 0.00150 e. The second-order valence-corrected chi connectivity index (χ2v) is 10.6. The van der Waals surface area contributed by atoms with Crippen LogP contribution < -0.4 is 0 Å². The highest BCUT2D eigenvalue weighted by Crippen LogP contribution is 2.53. The molecule has 0 bridgehead atoms. The van der Waals surface area contributed by atoms with Gasteiger partial charge in [-0.25, -0.2) is 0 Å². The Labute approximate surface area is 173 Å². The van der Waals surface area contributed by atoms with E-state index in [2.05, 4.69) is 54.0 Å². The average Bonchev–Trinajstić information content (AvgIpc) is 2.73. The van der Waals surface area contributed by atoms with Crippen molar-refractivity contribution in [2.24, 2.45) is 23.2 Å². The fourth-order valence-electron chi connectivity index (χ4n) is 6.08. The predicted molar refractivity (Wildman–Crippen MR) is 120 cm³/mol. The lowest BCUT2D eigenvalue weighted by molar-refractivity contribution is -0.0510. The molecular weight excluding hydrogens is 340 g/mol. The van der Waals surface area contributed by atoms with Crippen molar-refractivity contribution < 1.29 is 0 Å². The molecule has 2 heterocycles. The van der Waals surface area contributed by atoms with Gasteiger partial charge in [-0.3, -0.25) is 0 Å². The topological polar surface area (TPSA) is 6.48 Å². The summed E-state index contributed by atoms with van der Waals surface area (Å²) in [6, 6.07) is 11.1. The number of nitrogens with zero attached hydrogens (tertiary/aromatic N) is 2. The second kappa shape index (κ2) is 9.30. The quantitative estimate of drug-likeness (QED) is 0.616. The Morgan fingerprint density at radius 2 is 1.57 bits per heavy atom. The van der Waals surface area contributed by atoms with E-state index in [9.17, 15) is 0 Å². The molecule has 156 valence electrons. The standard InChI is InChI=1S/C26H42N2/c1-26(2)24(20-25(26)21-28-14-7-4-8-15-28)13-18-27-16-11-23(12-17-27)19-22-9-5-3-6-10-22/h3,5-6,9-10,23-25H,4,7-8,11-21H2,1-2H3/t24-,25-/m0/s1. The lowest BCUT2D eigenvalue weighted by Gasteiger charge is -2.54. The molecule has 0 amide bonds. The van der Waals surface area contributed by atoms with E-state index in [0.29, 0.717) is 5.41 Å². The van der Waals surface area contributed by atoms with E-state index < -0.39 is 0 Å². The molecule has 0 N–H and O–H groups in total. The first-order chi connectivity index (χ1) is 13.6. The Bertz CT molecular complexity index is 582. The molecule has 0 spiro atoms. The SMILES string of the molecule is CC1(C)[C@@H](CCN2CCC(Cc3ccccc3)CC2)C[C@H]1CN1CCCCC1. The van der Waals surface area contributed by atoms with E-state index in [4.69, 9.17) is 0 Å². The molecule has 1 aliphatic carbocycles. The van der Waals surface area contributed by atoms with E-state index >= 15 is 0 Å². The third-order valence-electron chi connectivity index (χ3n) is 8.47. The highest BCUT2D eigenvalue weighted by Gasteiger charge is 2.47. The van der Waals surface area contributed by atoms with Gasteiger partial charge in [0.15, 0.2) is 0 Å². The molecule has 1 aromatic carbocycles. The zero-order chi connectivity index (χ0) is 19.4. The molecule has 2 atom stereocenters. The molecule has 0 unspecified atom stereocenters. The van der Waals surface area contributed by atoms with Crippen LogP contribution in [-0.4, -0.2) is 49.1 Å². The van der Waals surface area contributed by atoms with Crippen LogP contribution in [0.3, 0.4) is 0 Å². The maximum atomic E-state index is 2.76. The van der Waals surface area contributed by atoms with Crippen LogP contribution in [-0.2, 0) is 6.42 Å². The van der Waals surface area contributed by atoms with Gasteiger partial charge in [-0.2, -0.15) is 0 Å². The van der Waals surface area contributed by atoms with Gasteiger partial charge in [0.1, 0.15) is 0 Å². The third-order valence-corrected chi connectivity index (χ3v) is 8.47. The smallest absolute Gasteiger partial charge is 0.00150 e. The van der Waals surface area contributed by atoms with Gasteiger partial charge in [-0.15, -0.1) is 0 Å². The summed E-state index contributed by atoms with van der Waals surface area (Å²) < 4.78 is 0. The normalized spacial score (nSPS) is 29.5. The summed E-state index contributed by atoms with van der Waals surface area (Å²) >= 11 is 0. The molecule has 1 aromatic rings. The molecule has 2 saturated heterocycles. The number of hydrogen-bond acceptors (Lipinski definition) is 2. The first-order valence-electron chi connectivity index (χ1n) is 12.1. The first-order valence-corrected chi connectivity index (χ1v) is 12.1. The van der Waals surface area contributed by atoms with E-state index in [1.54, 1.807) is 0 Å². The van der Waals surface area contributed by atoms with Crippen LogP contribution in [0.5, 0.6) is 0 Å². The summed E-state index contributed by atoms with van der Waals surface area (Å²) in [6.07, 6.45) is 11.3. The van der Waals surface area contributed by atoms with Gasteiger partial charge < -0.3 is 9.80 Å². The van der Waals surface area contributed by atoms with Crippen molar-refractivity contribution in [2.75, 3.05) is 39.3 Å². The second-order valence-electron chi connectivity index (χ2n) is 10.6. The molecule has 0 radical (unpaired) electrons. The first kappa shape index (κ1) is 20.4. The van der Waals surface area contributed by atoms with E-state index in [1.807, 2.05) is 0 Å². The molecule has 2 aliphatic heterocycles. The Morgan fingerprint density at radius 1 is 0.857 bits per heavy atom.